The lowest BCUT2D eigenvalue weighted by atomic mass is 10.00. The van der Waals surface area contributed by atoms with Gasteiger partial charge >= 0.3 is 0 Å². The lowest BCUT2D eigenvalue weighted by molar-refractivity contribution is -0.136. The van der Waals surface area contributed by atoms with Gasteiger partial charge < -0.3 is 19.7 Å². The highest BCUT2D eigenvalue weighted by molar-refractivity contribution is 6.23. The topological polar surface area (TPSA) is 179 Å². The van der Waals surface area contributed by atoms with Gasteiger partial charge in [-0.1, -0.05) is 12.1 Å². The van der Waals surface area contributed by atoms with Gasteiger partial charge in [0.2, 0.25) is 17.7 Å². The molecule has 5 amide bonds. The summed E-state index contributed by atoms with van der Waals surface area (Å²) in [7, 11) is 0. The molecule has 0 spiro atoms. The molecule has 16 nitrogen and oxygen atoms in total. The number of fused-ring (bicyclic) bond motifs is 2. The molecule has 0 saturated carbocycles. The highest BCUT2D eigenvalue weighted by atomic mass is 19.1. The number of halogens is 2. The molecule has 2 unspecified atom stereocenters. The zero-order chi connectivity index (χ0) is 43.6. The van der Waals surface area contributed by atoms with Crippen LogP contribution >= 0.6 is 0 Å². The molecule has 2 N–H and O–H groups in total. The largest absolute Gasteiger partial charge is 0.383 e. The first-order chi connectivity index (χ1) is 30.6. The molecule has 328 valence electrons. The number of rotatable bonds is 13. The standard InChI is InChI=1S/C45H47F2N9O7/c46-35-20-27(21-36(47)34(35)26-53-14-18-63-19-15-53)31-2-1-3-37-42(31)51-38(24-49-37)28-23-50-55(25-28)30-8-12-54(13-9-30)41(58)10-16-62-17-11-48-29-4-5-32-33(22-29)45(61)56(44(32)60)39-6-7-40(57)52-43(39)59/h1-5,20-24,28,30,39,48H,6-19,25-26H2,(H,52,57,59). The zero-order valence-electron chi connectivity index (χ0n) is 34.6. The summed E-state index contributed by atoms with van der Waals surface area (Å²) in [6, 6.07) is 12.1. The van der Waals surface area contributed by atoms with Gasteiger partial charge in [0, 0.05) is 81.5 Å². The molecular weight excluding hydrogens is 817 g/mol. The van der Waals surface area contributed by atoms with E-state index in [2.05, 4.69) is 20.6 Å². The second-order valence-electron chi connectivity index (χ2n) is 16.4. The van der Waals surface area contributed by atoms with Gasteiger partial charge in [-0.2, -0.15) is 5.10 Å². The SMILES string of the molecule is O=C1CCC(N2C(=O)c3ccc(NCCOCCC(=O)N4CCC(N5CC(c6cnc7cccc(-c8cc(F)c(CN9CCOCC9)c(F)c8)c7n6)C=N5)CC4)cc3C2=O)C(=O)N1. The normalized spacial score (nSPS) is 20.8. The third-order valence-electron chi connectivity index (χ3n) is 12.4. The summed E-state index contributed by atoms with van der Waals surface area (Å²) in [5, 5.41) is 12.1. The Hall–Kier alpha value is -6.24. The van der Waals surface area contributed by atoms with Gasteiger partial charge in [0.15, 0.2) is 0 Å². The summed E-state index contributed by atoms with van der Waals surface area (Å²) in [6.07, 6.45) is 5.49. The van der Waals surface area contributed by atoms with E-state index in [-0.39, 0.29) is 67.0 Å². The van der Waals surface area contributed by atoms with Crippen LogP contribution in [0.25, 0.3) is 22.2 Å². The number of imide groups is 2. The summed E-state index contributed by atoms with van der Waals surface area (Å²) in [5.41, 5.74) is 3.92. The number of likely N-dealkylation sites (tertiary alicyclic amines) is 1. The molecule has 9 rings (SSSR count). The molecule has 3 fully saturated rings. The predicted octanol–water partition coefficient (Wildman–Crippen LogP) is 3.70. The maximum absolute atomic E-state index is 15.4. The number of hydrogen-bond acceptors (Lipinski definition) is 13. The maximum Gasteiger partial charge on any atom is 0.262 e. The summed E-state index contributed by atoms with van der Waals surface area (Å²) in [5.74, 6) is -3.53. The first-order valence-corrected chi connectivity index (χ1v) is 21.4. The van der Waals surface area contributed by atoms with Gasteiger partial charge in [-0.05, 0) is 61.2 Å². The Bertz CT molecular complexity index is 2470. The first-order valence-electron chi connectivity index (χ1n) is 21.4. The van der Waals surface area contributed by atoms with Crippen LogP contribution in [0.15, 0.2) is 59.8 Å². The molecule has 18 heteroatoms. The third-order valence-corrected chi connectivity index (χ3v) is 12.4. The molecule has 0 radical (unpaired) electrons. The minimum absolute atomic E-state index is 0.0142. The van der Waals surface area contributed by atoms with Crippen LogP contribution in [-0.2, 0) is 30.4 Å². The van der Waals surface area contributed by atoms with Crippen molar-refractivity contribution < 1.29 is 42.2 Å². The van der Waals surface area contributed by atoms with Crippen molar-refractivity contribution in [2.45, 2.75) is 56.7 Å². The lowest BCUT2D eigenvalue weighted by Crippen LogP contribution is -2.54. The van der Waals surface area contributed by atoms with Crippen LogP contribution in [0.5, 0.6) is 0 Å². The van der Waals surface area contributed by atoms with E-state index in [0.29, 0.717) is 92.6 Å². The van der Waals surface area contributed by atoms with E-state index in [1.807, 2.05) is 28.1 Å². The van der Waals surface area contributed by atoms with Crippen molar-refractivity contribution >= 4 is 52.5 Å². The van der Waals surface area contributed by atoms with E-state index in [0.717, 1.165) is 17.7 Å². The number of aromatic nitrogens is 2. The fraction of sp³-hybridized carbons (Fsp3) is 0.422. The van der Waals surface area contributed by atoms with Gasteiger partial charge in [0.25, 0.3) is 11.8 Å². The smallest absolute Gasteiger partial charge is 0.262 e. The molecule has 5 aliphatic heterocycles. The summed E-state index contributed by atoms with van der Waals surface area (Å²) in [4.78, 5) is 77.4. The maximum atomic E-state index is 15.4. The number of nitrogens with one attached hydrogen (secondary N) is 2. The number of ether oxygens (including phenoxy) is 2. The van der Waals surface area contributed by atoms with Crippen molar-refractivity contribution in [3.8, 4) is 11.1 Å². The summed E-state index contributed by atoms with van der Waals surface area (Å²) in [6.45, 7) is 5.25. The summed E-state index contributed by atoms with van der Waals surface area (Å²) < 4.78 is 41.9. The molecule has 0 bridgehead atoms. The van der Waals surface area contributed by atoms with Crippen molar-refractivity contribution in [1.82, 2.24) is 35.0 Å². The number of carbonyl (C=O) groups is 5. The van der Waals surface area contributed by atoms with Crippen molar-refractivity contribution in [2.75, 3.05) is 71.0 Å². The Labute approximate surface area is 361 Å². The van der Waals surface area contributed by atoms with Gasteiger partial charge in [-0.15, -0.1) is 0 Å². The number of hydrazone groups is 1. The molecule has 1 aromatic heterocycles. The van der Waals surface area contributed by atoms with Crippen molar-refractivity contribution in [1.29, 1.82) is 0 Å². The number of hydrogen-bond donors (Lipinski definition) is 2. The number of carbonyl (C=O) groups excluding carboxylic acids is 5. The number of para-hydroxylation sites is 1. The van der Waals surface area contributed by atoms with E-state index in [4.69, 9.17) is 19.6 Å². The van der Waals surface area contributed by atoms with E-state index in [1.54, 1.807) is 30.5 Å². The van der Waals surface area contributed by atoms with E-state index >= 15 is 8.78 Å². The van der Waals surface area contributed by atoms with E-state index in [9.17, 15) is 24.0 Å². The highest BCUT2D eigenvalue weighted by Gasteiger charge is 2.44. The molecule has 4 aromatic rings. The van der Waals surface area contributed by atoms with Crippen molar-refractivity contribution in [2.24, 2.45) is 5.10 Å². The minimum atomic E-state index is -1.03. The molecule has 2 atom stereocenters. The molecule has 63 heavy (non-hydrogen) atoms. The van der Waals surface area contributed by atoms with E-state index in [1.165, 1.54) is 12.1 Å². The number of nitrogens with zero attached hydrogens (tertiary/aromatic N) is 7. The average Bonchev–Trinajstić information content (AvgIpc) is 3.88. The number of piperidine rings is 2. The summed E-state index contributed by atoms with van der Waals surface area (Å²) >= 11 is 0. The van der Waals surface area contributed by atoms with Gasteiger partial charge in [-0.3, -0.25) is 49.1 Å². The lowest BCUT2D eigenvalue weighted by Gasteiger charge is -2.36. The van der Waals surface area contributed by atoms with Gasteiger partial charge in [0.1, 0.15) is 17.7 Å². The fourth-order valence-electron chi connectivity index (χ4n) is 8.91. The molecule has 6 heterocycles. The quantitative estimate of drug-likeness (QED) is 0.147. The second-order valence-corrected chi connectivity index (χ2v) is 16.4. The molecular formula is C45H47F2N9O7. The van der Waals surface area contributed by atoms with Crippen LogP contribution < -0.4 is 10.6 Å². The Balaban J connectivity index is 0.717. The van der Waals surface area contributed by atoms with Crippen molar-refractivity contribution in [3.05, 3.63) is 88.7 Å². The third kappa shape index (κ3) is 8.87. The van der Waals surface area contributed by atoms with Crippen LogP contribution in [-0.4, -0.2) is 143 Å². The Kier molecular flexibility index (Phi) is 12.2. The highest BCUT2D eigenvalue weighted by Crippen LogP contribution is 2.33. The Morgan fingerprint density at radius 2 is 1.68 bits per heavy atom. The molecule has 5 aliphatic rings. The second kappa shape index (κ2) is 18.2. The minimum Gasteiger partial charge on any atom is -0.383 e. The van der Waals surface area contributed by atoms with Crippen LogP contribution in [0.4, 0.5) is 14.5 Å². The molecule has 3 aromatic carbocycles. The monoisotopic (exact) mass is 863 g/mol. The molecule has 3 saturated heterocycles. The van der Waals surface area contributed by atoms with Crippen LogP contribution in [0, 0.1) is 11.6 Å². The number of anilines is 1. The van der Waals surface area contributed by atoms with Crippen molar-refractivity contribution in [3.63, 3.8) is 0 Å². The fourth-order valence-corrected chi connectivity index (χ4v) is 8.91. The Morgan fingerprint density at radius 3 is 2.46 bits per heavy atom. The number of morpholine rings is 1. The van der Waals surface area contributed by atoms with Crippen LogP contribution in [0.1, 0.15) is 70.0 Å². The predicted molar refractivity (Wildman–Crippen MR) is 226 cm³/mol. The average molecular weight is 864 g/mol. The number of amides is 5. The number of benzene rings is 3. The Morgan fingerprint density at radius 1 is 0.905 bits per heavy atom. The van der Waals surface area contributed by atoms with Crippen LogP contribution in [0.3, 0.4) is 0 Å². The zero-order valence-corrected chi connectivity index (χ0v) is 34.6. The molecule has 0 aliphatic carbocycles. The van der Waals surface area contributed by atoms with Gasteiger partial charge in [0.05, 0.1) is 72.7 Å². The van der Waals surface area contributed by atoms with E-state index < -0.39 is 41.3 Å². The first kappa shape index (κ1) is 42.1. The van der Waals surface area contributed by atoms with Crippen LogP contribution in [0.2, 0.25) is 0 Å². The van der Waals surface area contributed by atoms with Gasteiger partial charge in [-0.25, -0.2) is 13.8 Å².